The number of hydrogen-bond acceptors (Lipinski definition) is 6. The summed E-state index contributed by atoms with van der Waals surface area (Å²) >= 11 is 3.24. The van der Waals surface area contributed by atoms with Crippen LogP contribution in [0.2, 0.25) is 0 Å². The van der Waals surface area contributed by atoms with Gasteiger partial charge in [-0.3, -0.25) is 14.6 Å². The quantitative estimate of drug-likeness (QED) is 0.606. The Kier molecular flexibility index (Phi) is 5.55. The van der Waals surface area contributed by atoms with E-state index in [1.54, 1.807) is 11.3 Å². The third-order valence-electron chi connectivity index (χ3n) is 4.59. The third kappa shape index (κ3) is 4.27. The molecule has 1 aromatic carbocycles. The van der Waals surface area contributed by atoms with E-state index >= 15 is 0 Å². The van der Waals surface area contributed by atoms with Gasteiger partial charge in [-0.25, -0.2) is 4.98 Å². The molecule has 4 rings (SSSR count). The number of ketones is 1. The lowest BCUT2D eigenvalue weighted by atomic mass is 10.2. The zero-order chi connectivity index (χ0) is 17.8. The van der Waals surface area contributed by atoms with E-state index in [1.807, 2.05) is 35.7 Å². The van der Waals surface area contributed by atoms with Crippen molar-refractivity contribution in [2.75, 3.05) is 32.7 Å². The predicted molar refractivity (Wildman–Crippen MR) is 108 cm³/mol. The summed E-state index contributed by atoms with van der Waals surface area (Å²) in [5.41, 5.74) is 2.32. The van der Waals surface area contributed by atoms with Gasteiger partial charge in [-0.05, 0) is 11.4 Å². The molecule has 0 aliphatic carbocycles. The highest BCUT2D eigenvalue weighted by Crippen LogP contribution is 2.24. The molecule has 0 spiro atoms. The number of carbonyl (C=O) groups is 1. The topological polar surface area (TPSA) is 36.4 Å². The molecule has 0 N–H and O–H groups in total. The van der Waals surface area contributed by atoms with Crippen LogP contribution in [0.15, 0.2) is 53.2 Å². The van der Waals surface area contributed by atoms with E-state index in [4.69, 9.17) is 4.98 Å². The maximum Gasteiger partial charge on any atom is 0.186 e. The molecule has 0 radical (unpaired) electrons. The van der Waals surface area contributed by atoms with Crippen LogP contribution in [0.1, 0.15) is 15.4 Å². The van der Waals surface area contributed by atoms with Crippen LogP contribution in [-0.4, -0.2) is 53.3 Å². The highest BCUT2D eigenvalue weighted by atomic mass is 32.1. The molecule has 0 saturated carbocycles. The molecule has 1 aliphatic heterocycles. The molecular weight excluding hydrogens is 362 g/mol. The average molecular weight is 384 g/mol. The first kappa shape index (κ1) is 17.5. The van der Waals surface area contributed by atoms with Crippen LogP contribution in [-0.2, 0) is 6.54 Å². The number of hydrogen-bond donors (Lipinski definition) is 0. The van der Waals surface area contributed by atoms with Gasteiger partial charge in [0.25, 0.3) is 0 Å². The van der Waals surface area contributed by atoms with Gasteiger partial charge >= 0.3 is 0 Å². The molecule has 26 heavy (non-hydrogen) atoms. The Labute approximate surface area is 161 Å². The number of rotatable bonds is 6. The van der Waals surface area contributed by atoms with E-state index in [-0.39, 0.29) is 5.78 Å². The Balaban J connectivity index is 1.28. The van der Waals surface area contributed by atoms with Gasteiger partial charge in [-0.15, -0.1) is 22.7 Å². The Hall–Kier alpha value is -1.86. The van der Waals surface area contributed by atoms with Crippen molar-refractivity contribution >= 4 is 28.5 Å². The summed E-state index contributed by atoms with van der Waals surface area (Å²) in [6, 6.07) is 14.2. The molecule has 6 heteroatoms. The second-order valence-corrected chi connectivity index (χ2v) is 8.27. The van der Waals surface area contributed by atoms with Crippen molar-refractivity contribution < 1.29 is 4.79 Å². The minimum Gasteiger partial charge on any atom is -0.295 e. The van der Waals surface area contributed by atoms with Gasteiger partial charge in [0.05, 0.1) is 17.1 Å². The molecule has 2 aromatic heterocycles. The molecule has 0 atom stereocenters. The van der Waals surface area contributed by atoms with Crippen molar-refractivity contribution in [1.29, 1.82) is 0 Å². The summed E-state index contributed by atoms with van der Waals surface area (Å²) in [6.07, 6.45) is 0. The van der Waals surface area contributed by atoms with Gasteiger partial charge in [0.1, 0.15) is 5.01 Å². The zero-order valence-electron chi connectivity index (χ0n) is 14.5. The summed E-state index contributed by atoms with van der Waals surface area (Å²) in [4.78, 5) is 22.6. The average Bonchev–Trinajstić information content (AvgIpc) is 3.36. The van der Waals surface area contributed by atoms with E-state index in [1.165, 1.54) is 16.9 Å². The Bertz CT molecular complexity index is 837. The third-order valence-corrected chi connectivity index (χ3v) is 6.44. The fourth-order valence-corrected chi connectivity index (χ4v) is 4.62. The normalized spacial score (nSPS) is 16.0. The predicted octanol–water partition coefficient (Wildman–Crippen LogP) is 3.87. The highest BCUT2D eigenvalue weighted by molar-refractivity contribution is 7.13. The number of nitrogens with zero attached hydrogens (tertiary/aromatic N) is 3. The molecule has 1 aliphatic rings. The van der Waals surface area contributed by atoms with Crippen molar-refractivity contribution in [2.45, 2.75) is 6.54 Å². The molecule has 3 aromatic rings. The van der Waals surface area contributed by atoms with Gasteiger partial charge in [0.15, 0.2) is 5.78 Å². The van der Waals surface area contributed by atoms with Gasteiger partial charge < -0.3 is 0 Å². The lowest BCUT2D eigenvalue weighted by molar-refractivity contribution is 0.0846. The monoisotopic (exact) mass is 383 g/mol. The fraction of sp³-hybridized carbons (Fsp3) is 0.300. The molecule has 1 fully saturated rings. The highest BCUT2D eigenvalue weighted by Gasteiger charge is 2.20. The largest absolute Gasteiger partial charge is 0.295 e. The zero-order valence-corrected chi connectivity index (χ0v) is 16.1. The molecule has 3 heterocycles. The summed E-state index contributed by atoms with van der Waals surface area (Å²) in [5.74, 6) is 0.237. The number of benzene rings is 1. The minimum absolute atomic E-state index is 0.237. The first-order valence-electron chi connectivity index (χ1n) is 8.79. The Morgan fingerprint density at radius 3 is 2.46 bits per heavy atom. The van der Waals surface area contributed by atoms with Crippen molar-refractivity contribution in [1.82, 2.24) is 14.8 Å². The number of carbonyl (C=O) groups excluding carboxylic acids is 1. The Morgan fingerprint density at radius 1 is 0.962 bits per heavy atom. The SMILES string of the molecule is O=C(CN1CCN(Cc2csc(-c3ccccc3)n2)CC1)c1cccs1. The number of Topliss-reactive ketones (excluding diaryl/α,β-unsaturated/α-hetero) is 1. The van der Waals surface area contributed by atoms with Gasteiger partial charge in [-0.2, -0.15) is 0 Å². The molecule has 0 amide bonds. The van der Waals surface area contributed by atoms with Crippen LogP contribution in [0.5, 0.6) is 0 Å². The Morgan fingerprint density at radius 2 is 1.73 bits per heavy atom. The number of thiazole rings is 1. The van der Waals surface area contributed by atoms with Gasteiger partial charge in [0.2, 0.25) is 0 Å². The first-order chi connectivity index (χ1) is 12.8. The van der Waals surface area contributed by atoms with Crippen molar-refractivity contribution in [2.24, 2.45) is 0 Å². The molecule has 0 bridgehead atoms. The summed E-state index contributed by atoms with van der Waals surface area (Å²) in [7, 11) is 0. The molecular formula is C20H21N3OS2. The second kappa shape index (κ2) is 8.22. The van der Waals surface area contributed by atoms with Crippen LogP contribution in [0.25, 0.3) is 10.6 Å². The van der Waals surface area contributed by atoms with Gasteiger partial charge in [0, 0.05) is 43.7 Å². The van der Waals surface area contributed by atoms with Crippen molar-refractivity contribution in [3.05, 3.63) is 63.8 Å². The number of aromatic nitrogens is 1. The molecule has 134 valence electrons. The van der Waals surface area contributed by atoms with Crippen molar-refractivity contribution in [3.63, 3.8) is 0 Å². The maximum atomic E-state index is 12.2. The lowest BCUT2D eigenvalue weighted by Crippen LogP contribution is -2.47. The van der Waals surface area contributed by atoms with Crippen molar-refractivity contribution in [3.8, 4) is 10.6 Å². The van der Waals surface area contributed by atoms with E-state index < -0.39 is 0 Å². The van der Waals surface area contributed by atoms with E-state index in [0.29, 0.717) is 6.54 Å². The standard InChI is InChI=1S/C20H21N3OS2/c24-18(19-7-4-12-25-19)14-23-10-8-22(9-11-23)13-17-15-26-20(21-17)16-5-2-1-3-6-16/h1-7,12,15H,8-11,13-14H2. The molecule has 1 saturated heterocycles. The fourth-order valence-electron chi connectivity index (χ4n) is 3.15. The van der Waals surface area contributed by atoms with Crippen LogP contribution in [0.4, 0.5) is 0 Å². The second-order valence-electron chi connectivity index (χ2n) is 6.46. The molecule has 4 nitrogen and oxygen atoms in total. The number of thiophene rings is 1. The van der Waals surface area contributed by atoms with E-state index in [2.05, 4.69) is 27.3 Å². The summed E-state index contributed by atoms with van der Waals surface area (Å²) in [5, 5.41) is 5.21. The first-order valence-corrected chi connectivity index (χ1v) is 10.5. The molecule has 0 unspecified atom stereocenters. The minimum atomic E-state index is 0.237. The maximum absolute atomic E-state index is 12.2. The number of piperazine rings is 1. The smallest absolute Gasteiger partial charge is 0.186 e. The van der Waals surface area contributed by atoms with Crippen LogP contribution in [0, 0.1) is 0 Å². The summed E-state index contributed by atoms with van der Waals surface area (Å²) < 4.78 is 0. The van der Waals surface area contributed by atoms with E-state index in [9.17, 15) is 4.79 Å². The van der Waals surface area contributed by atoms with Gasteiger partial charge in [-0.1, -0.05) is 36.4 Å². The summed E-state index contributed by atoms with van der Waals surface area (Å²) in [6.45, 7) is 5.25. The lowest BCUT2D eigenvalue weighted by Gasteiger charge is -2.33. The van der Waals surface area contributed by atoms with Crippen LogP contribution >= 0.6 is 22.7 Å². The van der Waals surface area contributed by atoms with Crippen LogP contribution < -0.4 is 0 Å². The van der Waals surface area contributed by atoms with E-state index in [0.717, 1.165) is 48.3 Å². The van der Waals surface area contributed by atoms with Crippen LogP contribution in [0.3, 0.4) is 0 Å².